The molecule has 0 radical (unpaired) electrons. The molecule has 158 valence electrons. The normalized spacial score (nSPS) is 20.1. The van der Waals surface area contributed by atoms with Crippen molar-refractivity contribution in [2.75, 3.05) is 11.9 Å². The van der Waals surface area contributed by atoms with E-state index in [0.29, 0.717) is 16.4 Å². The van der Waals surface area contributed by atoms with Gasteiger partial charge in [0.1, 0.15) is 0 Å². The van der Waals surface area contributed by atoms with Crippen LogP contribution in [0.1, 0.15) is 44.1 Å². The van der Waals surface area contributed by atoms with E-state index < -0.39 is 0 Å². The third kappa shape index (κ3) is 3.80. The number of nitrogens with one attached hydrogen (secondary N) is 3. The Labute approximate surface area is 186 Å². The average molecular weight is 434 g/mol. The molecule has 2 heterocycles. The van der Waals surface area contributed by atoms with Crippen LogP contribution in [-0.4, -0.2) is 28.2 Å². The Kier molecular flexibility index (Phi) is 5.17. The fraction of sp³-hybridized carbons (Fsp3) is 0.375. The summed E-state index contributed by atoms with van der Waals surface area (Å²) in [5.41, 5.74) is 3.29. The smallest absolute Gasteiger partial charge is 0.229 e. The monoisotopic (exact) mass is 433 g/mol. The lowest BCUT2D eigenvalue weighted by Gasteiger charge is -2.38. The van der Waals surface area contributed by atoms with Crippen molar-refractivity contribution in [2.45, 2.75) is 44.1 Å². The van der Waals surface area contributed by atoms with Crippen molar-refractivity contribution in [3.05, 3.63) is 47.0 Å². The van der Waals surface area contributed by atoms with Crippen LogP contribution in [0.4, 0.5) is 5.82 Å². The van der Waals surface area contributed by atoms with E-state index in [0.717, 1.165) is 41.4 Å². The zero-order valence-electron chi connectivity index (χ0n) is 17.2. The quantitative estimate of drug-likeness (QED) is 0.541. The fourth-order valence-corrected chi connectivity index (χ4v) is 5.22. The number of nitrogens with zero attached hydrogens (tertiary/aromatic N) is 2. The second-order valence-electron chi connectivity index (χ2n) is 8.73. The highest BCUT2D eigenvalue weighted by Gasteiger charge is 2.39. The van der Waals surface area contributed by atoms with Crippen LogP contribution < -0.4 is 10.6 Å². The number of anilines is 1. The molecule has 3 N–H and O–H groups in total. The lowest BCUT2D eigenvalue weighted by molar-refractivity contribution is -0.120. The van der Waals surface area contributed by atoms with Gasteiger partial charge in [-0.25, -0.2) is 0 Å². The molecular weight excluding hydrogens is 410 g/mol. The van der Waals surface area contributed by atoms with Crippen molar-refractivity contribution in [3.63, 3.8) is 0 Å². The summed E-state index contributed by atoms with van der Waals surface area (Å²) in [5, 5.41) is 24.6. The Morgan fingerprint density at radius 2 is 2.03 bits per heavy atom. The van der Waals surface area contributed by atoms with Gasteiger partial charge in [0.15, 0.2) is 5.82 Å². The van der Waals surface area contributed by atoms with Gasteiger partial charge in [-0.05, 0) is 61.6 Å². The van der Waals surface area contributed by atoms with Crippen LogP contribution in [0.25, 0.3) is 22.0 Å². The van der Waals surface area contributed by atoms with Gasteiger partial charge in [-0.1, -0.05) is 30.5 Å². The van der Waals surface area contributed by atoms with Crippen LogP contribution in [-0.2, 0) is 4.79 Å². The van der Waals surface area contributed by atoms with Crippen molar-refractivity contribution in [1.82, 2.24) is 15.5 Å². The number of aromatic amines is 1. The molecule has 1 spiro atoms. The van der Waals surface area contributed by atoms with Gasteiger partial charge in [0.05, 0.1) is 23.1 Å². The van der Waals surface area contributed by atoms with E-state index in [1.54, 1.807) is 18.2 Å². The molecule has 2 aromatic carbocycles. The number of hydrogen-bond donors (Lipinski definition) is 3. The number of benzene rings is 2. The number of halogens is 1. The van der Waals surface area contributed by atoms with E-state index in [2.05, 4.69) is 26.9 Å². The molecule has 2 aliphatic rings. The fourth-order valence-electron chi connectivity index (χ4n) is 4.99. The highest BCUT2D eigenvalue weighted by Crippen LogP contribution is 2.38. The van der Waals surface area contributed by atoms with Gasteiger partial charge in [-0.3, -0.25) is 9.89 Å². The van der Waals surface area contributed by atoms with Crippen molar-refractivity contribution in [2.24, 2.45) is 5.92 Å². The number of amides is 1. The molecule has 6 nitrogen and oxygen atoms in total. The van der Waals surface area contributed by atoms with Crippen molar-refractivity contribution >= 4 is 34.2 Å². The minimum Gasteiger partial charge on any atom is -0.310 e. The first kappa shape index (κ1) is 20.0. The predicted octanol–water partition coefficient (Wildman–Crippen LogP) is 5.01. The molecule has 1 amide bonds. The van der Waals surface area contributed by atoms with Gasteiger partial charge in [0.2, 0.25) is 5.91 Å². The van der Waals surface area contributed by atoms with Gasteiger partial charge in [-0.2, -0.15) is 10.4 Å². The van der Waals surface area contributed by atoms with Crippen LogP contribution in [0.15, 0.2) is 36.4 Å². The molecule has 1 atom stereocenters. The molecule has 31 heavy (non-hydrogen) atoms. The van der Waals surface area contributed by atoms with Crippen molar-refractivity contribution in [3.8, 4) is 17.2 Å². The number of piperidine rings is 1. The Hall–Kier alpha value is -2.88. The summed E-state index contributed by atoms with van der Waals surface area (Å²) in [6.07, 6.45) is 6.99. The highest BCUT2D eigenvalue weighted by molar-refractivity contribution is 6.33. The Morgan fingerprint density at radius 3 is 2.77 bits per heavy atom. The number of carbonyl (C=O) groups excluding carboxylic acids is 1. The molecule has 2 fully saturated rings. The van der Waals surface area contributed by atoms with Gasteiger partial charge in [0.25, 0.3) is 0 Å². The summed E-state index contributed by atoms with van der Waals surface area (Å²) in [4.78, 5) is 12.9. The number of hydrogen-bond acceptors (Lipinski definition) is 4. The number of carbonyl (C=O) groups is 1. The molecule has 1 aliphatic carbocycles. The van der Waals surface area contributed by atoms with Crippen LogP contribution >= 0.6 is 11.6 Å². The van der Waals surface area contributed by atoms with E-state index >= 15 is 0 Å². The molecule has 1 aliphatic heterocycles. The van der Waals surface area contributed by atoms with Gasteiger partial charge < -0.3 is 10.6 Å². The molecule has 1 saturated carbocycles. The SMILES string of the molecule is N#Cc1ccc(Cl)c(-c2ccc3[nH]nc(NC(=O)[C@H]4CCC5(CCCC5)NC4)c3c2)c1. The topological polar surface area (TPSA) is 93.6 Å². The summed E-state index contributed by atoms with van der Waals surface area (Å²) >= 11 is 6.38. The zero-order valence-corrected chi connectivity index (χ0v) is 17.9. The van der Waals surface area contributed by atoms with E-state index in [1.165, 1.54) is 25.7 Å². The summed E-state index contributed by atoms with van der Waals surface area (Å²) in [5.74, 6) is 0.474. The maximum absolute atomic E-state index is 12.9. The number of H-pyrrole nitrogens is 1. The highest BCUT2D eigenvalue weighted by atomic mass is 35.5. The zero-order chi connectivity index (χ0) is 21.4. The lowest BCUT2D eigenvalue weighted by Crippen LogP contribution is -2.51. The van der Waals surface area contributed by atoms with Crippen LogP contribution in [0, 0.1) is 17.2 Å². The third-order valence-corrected chi connectivity index (χ3v) is 7.17. The minimum absolute atomic E-state index is 0.00339. The van der Waals surface area contributed by atoms with Gasteiger partial charge in [0, 0.05) is 28.1 Å². The van der Waals surface area contributed by atoms with E-state index in [4.69, 9.17) is 11.6 Å². The van der Waals surface area contributed by atoms with E-state index in [1.807, 2.05) is 18.2 Å². The summed E-state index contributed by atoms with van der Waals surface area (Å²) < 4.78 is 0. The standard InChI is InChI=1S/C24H24ClN5O/c25-20-5-3-15(13-26)11-18(20)16-4-6-21-19(12-16)22(30-29-21)28-23(31)17-7-10-24(27-14-17)8-1-2-9-24/h3-6,11-12,17,27H,1-2,7-10,14H2,(H2,28,29,30,31)/t17-/m0/s1. The first-order chi connectivity index (χ1) is 15.1. The summed E-state index contributed by atoms with van der Waals surface area (Å²) in [7, 11) is 0. The molecule has 0 bridgehead atoms. The Morgan fingerprint density at radius 1 is 1.19 bits per heavy atom. The largest absolute Gasteiger partial charge is 0.310 e. The number of aromatic nitrogens is 2. The minimum atomic E-state index is -0.0529. The van der Waals surface area contributed by atoms with Gasteiger partial charge >= 0.3 is 0 Å². The molecule has 3 aromatic rings. The maximum Gasteiger partial charge on any atom is 0.229 e. The first-order valence-corrected chi connectivity index (χ1v) is 11.2. The molecular formula is C24H24ClN5O. The summed E-state index contributed by atoms with van der Waals surface area (Å²) in [6, 6.07) is 13.1. The number of nitriles is 1. The van der Waals surface area contributed by atoms with Gasteiger partial charge in [-0.15, -0.1) is 0 Å². The first-order valence-electron chi connectivity index (χ1n) is 10.8. The molecule has 7 heteroatoms. The Bertz CT molecular complexity index is 1180. The molecule has 1 saturated heterocycles. The van der Waals surface area contributed by atoms with E-state index in [9.17, 15) is 10.1 Å². The molecule has 0 unspecified atom stereocenters. The van der Waals surface area contributed by atoms with Crippen LogP contribution in [0.2, 0.25) is 5.02 Å². The Balaban J connectivity index is 1.37. The number of rotatable bonds is 3. The van der Waals surface area contributed by atoms with Crippen LogP contribution in [0.3, 0.4) is 0 Å². The molecule has 1 aromatic heterocycles. The molecule has 5 rings (SSSR count). The predicted molar refractivity (Wildman–Crippen MR) is 122 cm³/mol. The summed E-state index contributed by atoms with van der Waals surface area (Å²) in [6.45, 7) is 0.718. The maximum atomic E-state index is 12.9. The van der Waals surface area contributed by atoms with Crippen LogP contribution in [0.5, 0.6) is 0 Å². The lowest BCUT2D eigenvalue weighted by atomic mass is 9.82. The van der Waals surface area contributed by atoms with Crippen molar-refractivity contribution < 1.29 is 4.79 Å². The second-order valence-corrected chi connectivity index (χ2v) is 9.14. The number of fused-ring (bicyclic) bond motifs is 1. The third-order valence-electron chi connectivity index (χ3n) is 6.84. The van der Waals surface area contributed by atoms with E-state index in [-0.39, 0.29) is 17.4 Å². The average Bonchev–Trinajstić information content (AvgIpc) is 3.41. The second kappa shape index (κ2) is 7.99. The van der Waals surface area contributed by atoms with Crippen molar-refractivity contribution in [1.29, 1.82) is 5.26 Å².